The maximum atomic E-state index is 11.4. The second-order valence-corrected chi connectivity index (χ2v) is 7.72. The number of carboxylic acids is 4. The summed E-state index contributed by atoms with van der Waals surface area (Å²) in [5.74, 6) is -5.62. The van der Waals surface area contributed by atoms with Crippen LogP contribution >= 0.6 is 8.25 Å². The first-order chi connectivity index (χ1) is 15.9. The van der Waals surface area contributed by atoms with Gasteiger partial charge in [-0.1, -0.05) is 0 Å². The lowest BCUT2D eigenvalue weighted by Gasteiger charge is -2.32. The first-order valence-corrected chi connectivity index (χ1v) is 11.0. The number of nitrogens with zero attached hydrogens (tertiary/aromatic N) is 3. The van der Waals surface area contributed by atoms with E-state index in [0.717, 1.165) is 9.80 Å². The average molecular weight is 513 g/mol. The Hall–Kier alpha value is -2.75. The first kappa shape index (κ1) is 31.2. The summed E-state index contributed by atoms with van der Waals surface area (Å²) in [6, 6.07) is -2.92. The molecule has 0 bridgehead atoms. The minimum absolute atomic E-state index is 0.155. The highest BCUT2D eigenvalue weighted by atomic mass is 31.1. The molecule has 0 aliphatic heterocycles. The molecule has 0 aliphatic rings. The van der Waals surface area contributed by atoms with E-state index >= 15 is 0 Å². The topological polar surface area (TPSA) is 240 Å². The van der Waals surface area contributed by atoms with Gasteiger partial charge in [0, 0.05) is 39.0 Å². The van der Waals surface area contributed by atoms with Crippen molar-refractivity contribution in [3.05, 3.63) is 0 Å². The largest absolute Gasteiger partial charge is 0.480 e. The summed E-state index contributed by atoms with van der Waals surface area (Å²) in [5, 5.41) is 36.7. The molecule has 0 saturated carbocycles. The van der Waals surface area contributed by atoms with E-state index in [4.69, 9.17) is 15.1 Å². The third-order valence-electron chi connectivity index (χ3n) is 4.54. The van der Waals surface area contributed by atoms with Crippen LogP contribution < -0.4 is 0 Å². The number of carboxylic acid groups (broad SMARTS) is 4. The van der Waals surface area contributed by atoms with Crippen LogP contribution in [0.1, 0.15) is 12.8 Å². The minimum atomic E-state index is -3.41. The van der Waals surface area contributed by atoms with E-state index in [2.05, 4.69) is 4.52 Å². The Balaban J connectivity index is 5.56. The highest BCUT2D eigenvalue weighted by Crippen LogP contribution is 2.15. The zero-order valence-electron chi connectivity index (χ0n) is 18.0. The van der Waals surface area contributed by atoms with E-state index in [1.165, 1.54) is 4.90 Å². The van der Waals surface area contributed by atoms with Crippen molar-refractivity contribution < 1.29 is 63.2 Å². The lowest BCUT2D eigenvalue weighted by molar-refractivity contribution is -0.148. The Morgan fingerprint density at radius 2 is 1.15 bits per heavy atom. The van der Waals surface area contributed by atoms with E-state index in [0.29, 0.717) is 12.6 Å². The number of rotatable bonds is 21. The maximum Gasteiger partial charge on any atom is 0.321 e. The smallest absolute Gasteiger partial charge is 0.321 e. The van der Waals surface area contributed by atoms with Gasteiger partial charge in [0.2, 0.25) is 0 Å². The summed E-state index contributed by atoms with van der Waals surface area (Å²) in [5.41, 5.74) is 0. The van der Waals surface area contributed by atoms with Crippen molar-refractivity contribution in [2.45, 2.75) is 24.9 Å². The van der Waals surface area contributed by atoms with Crippen molar-refractivity contribution in [2.75, 3.05) is 46.0 Å². The Kier molecular flexibility index (Phi) is 15.4. The van der Waals surface area contributed by atoms with Gasteiger partial charge < -0.3 is 34.9 Å². The van der Waals surface area contributed by atoms with E-state index < -0.39 is 76.9 Å². The molecular weight excluding hydrogens is 485 g/mol. The van der Waals surface area contributed by atoms with Crippen LogP contribution in [0.5, 0.6) is 0 Å². The number of carbonyl (C=O) groups is 6. The van der Waals surface area contributed by atoms with Gasteiger partial charge in [-0.25, -0.2) is 0 Å². The second-order valence-electron chi connectivity index (χ2n) is 6.90. The molecule has 0 saturated heterocycles. The molecule has 17 heteroatoms. The summed E-state index contributed by atoms with van der Waals surface area (Å²) in [6.45, 7) is -2.78. The molecule has 0 radical (unpaired) electrons. The van der Waals surface area contributed by atoms with Crippen LogP contribution in [0.2, 0.25) is 0 Å². The Bertz CT molecular complexity index is 698. The highest BCUT2D eigenvalue weighted by molar-refractivity contribution is 7.32. The summed E-state index contributed by atoms with van der Waals surface area (Å²) in [6.07, 6.45) is -0.367. The monoisotopic (exact) mass is 513 g/mol. The quantitative estimate of drug-likeness (QED) is 0.0605. The SMILES string of the molecule is O=CCC(C(=O)O)N(CCN(CCN(CC(=O)O)C(CC=O)C(=O)O)CO[PH](=O)O)CC(=O)O. The average Bonchev–Trinajstić information content (AvgIpc) is 2.72. The van der Waals surface area contributed by atoms with Gasteiger partial charge in [0.25, 0.3) is 0 Å². The van der Waals surface area contributed by atoms with E-state index in [9.17, 15) is 43.5 Å². The molecule has 0 aromatic heterocycles. The maximum absolute atomic E-state index is 11.4. The highest BCUT2D eigenvalue weighted by Gasteiger charge is 2.29. The standard InChI is InChI=1S/C17H28N3O13P/c21-7-1-12(16(27)28)19(9-14(23)24)5-3-18(11-33-34(31)32)4-6-20(10-15(25)26)13(2-8-22)17(29)30/h7-8,12-13,34H,1-6,9-11H2,(H,23,24)(H,25,26)(H,27,28)(H,29,30)(H,31,32). The fourth-order valence-electron chi connectivity index (χ4n) is 2.96. The fraction of sp³-hybridized carbons (Fsp3) is 0.647. The fourth-order valence-corrected chi connectivity index (χ4v) is 3.25. The molecule has 0 aliphatic carbocycles. The Morgan fingerprint density at radius 1 is 0.765 bits per heavy atom. The van der Waals surface area contributed by atoms with Crippen molar-refractivity contribution in [3.8, 4) is 0 Å². The van der Waals surface area contributed by atoms with E-state index in [-0.39, 0.29) is 26.2 Å². The van der Waals surface area contributed by atoms with Gasteiger partial charge in [-0.3, -0.25) is 43.0 Å². The lowest BCUT2D eigenvalue weighted by atomic mass is 10.1. The van der Waals surface area contributed by atoms with Gasteiger partial charge in [0.05, 0.1) is 13.1 Å². The molecule has 0 aromatic rings. The van der Waals surface area contributed by atoms with Gasteiger partial charge in [-0.2, -0.15) is 0 Å². The van der Waals surface area contributed by atoms with Crippen LogP contribution in [0.4, 0.5) is 0 Å². The first-order valence-electron chi connectivity index (χ1n) is 9.75. The number of aliphatic carboxylic acids is 4. The molecule has 0 aromatic carbocycles. The van der Waals surface area contributed by atoms with Crippen LogP contribution in [-0.2, 0) is 37.9 Å². The minimum Gasteiger partial charge on any atom is -0.480 e. The van der Waals surface area contributed by atoms with Crippen molar-refractivity contribution in [3.63, 3.8) is 0 Å². The van der Waals surface area contributed by atoms with Gasteiger partial charge in [0.1, 0.15) is 31.4 Å². The van der Waals surface area contributed by atoms with Gasteiger partial charge in [-0.05, 0) is 0 Å². The normalized spacial score (nSPS) is 14.0. The lowest BCUT2D eigenvalue weighted by Crippen LogP contribution is -2.50. The molecule has 5 N–H and O–H groups in total. The molecule has 16 nitrogen and oxygen atoms in total. The zero-order valence-corrected chi connectivity index (χ0v) is 19.0. The summed E-state index contributed by atoms with van der Waals surface area (Å²) >= 11 is 0. The van der Waals surface area contributed by atoms with Gasteiger partial charge >= 0.3 is 32.1 Å². The van der Waals surface area contributed by atoms with Gasteiger partial charge in [0.15, 0.2) is 0 Å². The summed E-state index contributed by atoms with van der Waals surface area (Å²) in [7, 11) is -3.41. The molecule has 0 fully saturated rings. The third kappa shape index (κ3) is 13.1. The molecule has 0 heterocycles. The van der Waals surface area contributed by atoms with Crippen LogP contribution in [0.3, 0.4) is 0 Å². The molecule has 0 spiro atoms. The zero-order chi connectivity index (χ0) is 26.3. The van der Waals surface area contributed by atoms with Crippen molar-refractivity contribution in [1.82, 2.24) is 14.7 Å². The molecule has 0 amide bonds. The van der Waals surface area contributed by atoms with Gasteiger partial charge in [-0.15, -0.1) is 0 Å². The van der Waals surface area contributed by atoms with Crippen molar-refractivity contribution in [1.29, 1.82) is 0 Å². The summed E-state index contributed by atoms with van der Waals surface area (Å²) in [4.78, 5) is 79.0. The predicted molar refractivity (Wildman–Crippen MR) is 111 cm³/mol. The second kappa shape index (κ2) is 16.8. The number of hydrogen-bond donors (Lipinski definition) is 5. The summed E-state index contributed by atoms with van der Waals surface area (Å²) < 4.78 is 15.6. The molecular formula is C17H28N3O13P. The molecule has 3 unspecified atom stereocenters. The van der Waals surface area contributed by atoms with E-state index in [1.54, 1.807) is 0 Å². The Labute approximate surface area is 194 Å². The van der Waals surface area contributed by atoms with Crippen LogP contribution in [0, 0.1) is 0 Å². The van der Waals surface area contributed by atoms with Crippen LogP contribution in [-0.4, -0.2) is 135 Å². The predicted octanol–water partition coefficient (Wildman–Crippen LogP) is -2.50. The van der Waals surface area contributed by atoms with Crippen LogP contribution in [0.25, 0.3) is 0 Å². The number of carbonyl (C=O) groups excluding carboxylic acids is 2. The number of hydrogen-bond acceptors (Lipinski definition) is 11. The Morgan fingerprint density at radius 3 is 1.41 bits per heavy atom. The molecule has 0 rings (SSSR count). The number of aldehydes is 2. The molecule has 194 valence electrons. The van der Waals surface area contributed by atoms with E-state index in [1.807, 2.05) is 0 Å². The van der Waals surface area contributed by atoms with Crippen LogP contribution in [0.15, 0.2) is 0 Å². The van der Waals surface area contributed by atoms with Crippen molar-refractivity contribution >= 4 is 44.7 Å². The molecule has 34 heavy (non-hydrogen) atoms. The molecule has 3 atom stereocenters. The van der Waals surface area contributed by atoms with Crippen molar-refractivity contribution in [2.24, 2.45) is 0 Å². The third-order valence-corrected chi connectivity index (χ3v) is 4.92.